The summed E-state index contributed by atoms with van der Waals surface area (Å²) in [5.41, 5.74) is 1.11. The van der Waals surface area contributed by atoms with Crippen LogP contribution in [0.15, 0.2) is 37.0 Å². The highest BCUT2D eigenvalue weighted by molar-refractivity contribution is 5.11. The van der Waals surface area contributed by atoms with E-state index in [0.29, 0.717) is 5.92 Å². The maximum Gasteiger partial charge on any atom is -0.0230 e. The quantitative estimate of drug-likeness (QED) is 0.411. The van der Waals surface area contributed by atoms with E-state index in [-0.39, 0.29) is 0 Å². The topological polar surface area (TPSA) is 0 Å². The number of rotatable bonds is 4. The lowest BCUT2D eigenvalue weighted by molar-refractivity contribution is 0.746. The van der Waals surface area contributed by atoms with Crippen LogP contribution in [-0.2, 0) is 0 Å². The molecular weight excluding hydrogens is 120 g/mol. The van der Waals surface area contributed by atoms with Crippen LogP contribution >= 0.6 is 0 Å². The lowest BCUT2D eigenvalue weighted by atomic mass is 10.1. The molecule has 0 bridgehead atoms. The molecule has 0 fully saturated rings. The highest BCUT2D eigenvalue weighted by Crippen LogP contribution is 2.03. The monoisotopic (exact) mass is 136 g/mol. The van der Waals surface area contributed by atoms with Crippen molar-refractivity contribution in [1.82, 2.24) is 0 Å². The summed E-state index contributed by atoms with van der Waals surface area (Å²) < 4.78 is 0. The largest absolute Gasteiger partial charge is 0.103 e. The summed E-state index contributed by atoms with van der Waals surface area (Å²) in [6, 6.07) is 0. The Bertz CT molecular complexity index is 140. The van der Waals surface area contributed by atoms with Gasteiger partial charge >= 0.3 is 0 Å². The van der Waals surface area contributed by atoms with Crippen LogP contribution in [-0.4, -0.2) is 0 Å². The van der Waals surface area contributed by atoms with E-state index in [1.54, 1.807) is 0 Å². The molecule has 0 spiro atoms. The standard InChI is InChI=1S/C10H16/c1-5-10(4)8-6-7-9(2)3/h5-7,10H,1-2,8H2,3-4H3/t10-/m1/s1. The van der Waals surface area contributed by atoms with E-state index in [1.807, 2.05) is 19.1 Å². The lowest BCUT2D eigenvalue weighted by Gasteiger charge is -1.97. The fourth-order valence-electron chi connectivity index (χ4n) is 0.580. The van der Waals surface area contributed by atoms with Gasteiger partial charge in [-0.2, -0.15) is 0 Å². The number of hydrogen-bond acceptors (Lipinski definition) is 0. The van der Waals surface area contributed by atoms with E-state index in [0.717, 1.165) is 12.0 Å². The molecule has 0 saturated heterocycles. The van der Waals surface area contributed by atoms with Crippen LogP contribution in [0.4, 0.5) is 0 Å². The molecule has 1 atom stereocenters. The summed E-state index contributed by atoms with van der Waals surface area (Å²) in [4.78, 5) is 0. The zero-order chi connectivity index (χ0) is 7.98. The maximum absolute atomic E-state index is 3.77. The molecule has 56 valence electrons. The van der Waals surface area contributed by atoms with Crippen LogP contribution in [0.1, 0.15) is 20.3 Å². The summed E-state index contributed by atoms with van der Waals surface area (Å²) in [5.74, 6) is 0.579. The van der Waals surface area contributed by atoms with Crippen LogP contribution in [0.25, 0.3) is 0 Å². The van der Waals surface area contributed by atoms with Gasteiger partial charge in [0.15, 0.2) is 0 Å². The van der Waals surface area contributed by atoms with E-state index >= 15 is 0 Å². The molecule has 0 saturated carbocycles. The first kappa shape index (κ1) is 9.22. The SMILES string of the molecule is C=C[C@@H](C)CC=CC(=C)C. The van der Waals surface area contributed by atoms with Crippen molar-refractivity contribution in [1.29, 1.82) is 0 Å². The molecule has 0 aliphatic rings. The van der Waals surface area contributed by atoms with Crippen LogP contribution in [0, 0.1) is 5.92 Å². The molecule has 0 rings (SSSR count). The Morgan fingerprint density at radius 3 is 2.60 bits per heavy atom. The highest BCUT2D eigenvalue weighted by Gasteiger charge is 1.88. The molecule has 0 aliphatic heterocycles. The molecule has 10 heavy (non-hydrogen) atoms. The summed E-state index contributed by atoms with van der Waals surface area (Å²) in [6.07, 6.45) is 7.20. The van der Waals surface area contributed by atoms with Gasteiger partial charge in [0.2, 0.25) is 0 Å². The molecule has 0 N–H and O–H groups in total. The molecule has 0 unspecified atom stereocenters. The smallest absolute Gasteiger partial charge is 0.0230 e. The summed E-state index contributed by atoms with van der Waals surface area (Å²) in [7, 11) is 0. The highest BCUT2D eigenvalue weighted by atomic mass is 13.9. The third kappa shape index (κ3) is 5.36. The minimum atomic E-state index is 0.579. The first-order valence-corrected chi connectivity index (χ1v) is 3.61. The molecule has 0 radical (unpaired) electrons. The normalized spacial score (nSPS) is 13.4. The van der Waals surface area contributed by atoms with E-state index < -0.39 is 0 Å². The van der Waals surface area contributed by atoms with Crippen molar-refractivity contribution in [2.75, 3.05) is 0 Å². The van der Waals surface area contributed by atoms with Gasteiger partial charge in [0.1, 0.15) is 0 Å². The Labute approximate surface area is 64.0 Å². The molecule has 0 aromatic carbocycles. The Kier molecular flexibility index (Phi) is 4.65. The third-order valence-corrected chi connectivity index (χ3v) is 1.31. The molecule has 0 aromatic heterocycles. The predicted octanol–water partition coefficient (Wildman–Crippen LogP) is 3.33. The summed E-state index contributed by atoms with van der Waals surface area (Å²) in [5, 5.41) is 0. The van der Waals surface area contributed by atoms with Crippen LogP contribution in [0.3, 0.4) is 0 Å². The zero-order valence-electron chi connectivity index (χ0n) is 6.93. The van der Waals surface area contributed by atoms with Gasteiger partial charge in [-0.3, -0.25) is 0 Å². The van der Waals surface area contributed by atoms with Gasteiger partial charge in [-0.15, -0.1) is 6.58 Å². The van der Waals surface area contributed by atoms with Gasteiger partial charge in [0.25, 0.3) is 0 Å². The lowest BCUT2D eigenvalue weighted by Crippen LogP contribution is -1.83. The molecule has 0 aromatic rings. The van der Waals surface area contributed by atoms with Crippen LogP contribution < -0.4 is 0 Å². The van der Waals surface area contributed by atoms with Crippen molar-refractivity contribution >= 4 is 0 Å². The molecule has 0 aliphatic carbocycles. The Balaban J connectivity index is 3.52. The maximum atomic E-state index is 3.77. The fourth-order valence-corrected chi connectivity index (χ4v) is 0.580. The van der Waals surface area contributed by atoms with Crippen molar-refractivity contribution in [2.24, 2.45) is 5.92 Å². The van der Waals surface area contributed by atoms with Crippen molar-refractivity contribution < 1.29 is 0 Å². The second-order valence-corrected chi connectivity index (χ2v) is 2.70. The van der Waals surface area contributed by atoms with Gasteiger partial charge in [-0.1, -0.05) is 37.3 Å². The van der Waals surface area contributed by atoms with Gasteiger partial charge in [-0.25, -0.2) is 0 Å². The molecule has 0 heteroatoms. The van der Waals surface area contributed by atoms with E-state index in [2.05, 4.69) is 26.2 Å². The second-order valence-electron chi connectivity index (χ2n) is 2.70. The first-order chi connectivity index (χ1) is 4.66. The molecular formula is C10H16. The molecule has 0 nitrogen and oxygen atoms in total. The van der Waals surface area contributed by atoms with Gasteiger partial charge < -0.3 is 0 Å². The fraction of sp³-hybridized carbons (Fsp3) is 0.400. The summed E-state index contributed by atoms with van der Waals surface area (Å²) in [6.45, 7) is 11.6. The molecule has 0 heterocycles. The average Bonchev–Trinajstić information content (AvgIpc) is 1.87. The Morgan fingerprint density at radius 2 is 2.20 bits per heavy atom. The van der Waals surface area contributed by atoms with Gasteiger partial charge in [-0.05, 0) is 19.3 Å². The first-order valence-electron chi connectivity index (χ1n) is 3.61. The van der Waals surface area contributed by atoms with Gasteiger partial charge in [0, 0.05) is 0 Å². The Hall–Kier alpha value is -0.780. The molecule has 0 amide bonds. The van der Waals surface area contributed by atoms with E-state index in [4.69, 9.17) is 0 Å². The van der Waals surface area contributed by atoms with Crippen molar-refractivity contribution in [3.8, 4) is 0 Å². The van der Waals surface area contributed by atoms with Crippen molar-refractivity contribution in [3.63, 3.8) is 0 Å². The van der Waals surface area contributed by atoms with Crippen molar-refractivity contribution in [3.05, 3.63) is 37.0 Å². The minimum absolute atomic E-state index is 0.579. The van der Waals surface area contributed by atoms with E-state index in [1.165, 1.54) is 0 Å². The minimum Gasteiger partial charge on any atom is -0.103 e. The number of allylic oxidation sites excluding steroid dienone is 4. The number of hydrogen-bond donors (Lipinski definition) is 0. The van der Waals surface area contributed by atoms with Crippen LogP contribution in [0.2, 0.25) is 0 Å². The summed E-state index contributed by atoms with van der Waals surface area (Å²) >= 11 is 0. The average molecular weight is 136 g/mol. The zero-order valence-corrected chi connectivity index (χ0v) is 6.93. The van der Waals surface area contributed by atoms with Gasteiger partial charge in [0.05, 0.1) is 0 Å². The van der Waals surface area contributed by atoms with Crippen molar-refractivity contribution in [2.45, 2.75) is 20.3 Å². The predicted molar refractivity (Wildman–Crippen MR) is 47.9 cm³/mol. The second kappa shape index (κ2) is 5.04. The third-order valence-electron chi connectivity index (χ3n) is 1.31. The van der Waals surface area contributed by atoms with Crippen LogP contribution in [0.5, 0.6) is 0 Å². The Morgan fingerprint density at radius 1 is 1.60 bits per heavy atom. The van der Waals surface area contributed by atoms with E-state index in [9.17, 15) is 0 Å².